The van der Waals surface area contributed by atoms with Crippen molar-refractivity contribution in [3.8, 4) is 5.75 Å². The van der Waals surface area contributed by atoms with Gasteiger partial charge in [-0.05, 0) is 37.8 Å². The van der Waals surface area contributed by atoms with Crippen molar-refractivity contribution in [2.24, 2.45) is 5.73 Å². The number of nitrogens with two attached hydrogens (primary N) is 1. The summed E-state index contributed by atoms with van der Waals surface area (Å²) in [5.41, 5.74) is 6.24. The van der Waals surface area contributed by atoms with Gasteiger partial charge >= 0.3 is 0 Å². The molecule has 0 bridgehead atoms. The molecule has 0 heterocycles. The van der Waals surface area contributed by atoms with Crippen LogP contribution in [0.15, 0.2) is 18.2 Å². The minimum Gasteiger partial charge on any atom is -0.544 e. The Balaban J connectivity index is 2.97. The van der Waals surface area contributed by atoms with Gasteiger partial charge < -0.3 is 10.2 Å². The molecule has 0 spiro atoms. The van der Waals surface area contributed by atoms with Crippen molar-refractivity contribution in [1.29, 1.82) is 0 Å². The fourth-order valence-electron chi connectivity index (χ4n) is 1.14. The van der Waals surface area contributed by atoms with Crippen LogP contribution in [-0.4, -0.2) is 8.32 Å². The van der Waals surface area contributed by atoms with Gasteiger partial charge in [-0.25, -0.2) is 4.39 Å². The van der Waals surface area contributed by atoms with Gasteiger partial charge in [0.25, 0.3) is 0 Å². The van der Waals surface area contributed by atoms with E-state index in [1.807, 2.05) is 0 Å². The SMILES string of the molecule is C[Si](C)(C)Oc1ccc(F)cc1CN. The molecular weight excluding hydrogens is 197 g/mol. The second-order valence-electron chi connectivity index (χ2n) is 4.17. The van der Waals surface area contributed by atoms with Gasteiger partial charge in [0.2, 0.25) is 8.32 Å². The van der Waals surface area contributed by atoms with Crippen molar-refractivity contribution >= 4 is 8.32 Å². The molecule has 0 aliphatic heterocycles. The van der Waals surface area contributed by atoms with Crippen molar-refractivity contribution in [3.05, 3.63) is 29.6 Å². The third-order valence-corrected chi connectivity index (χ3v) is 2.49. The highest BCUT2D eigenvalue weighted by atomic mass is 28.4. The molecule has 1 rings (SSSR count). The summed E-state index contributed by atoms with van der Waals surface area (Å²) in [7, 11) is -1.64. The predicted molar refractivity (Wildman–Crippen MR) is 58.3 cm³/mol. The summed E-state index contributed by atoms with van der Waals surface area (Å²) in [6.45, 7) is 6.54. The van der Waals surface area contributed by atoms with E-state index in [1.54, 1.807) is 6.07 Å². The van der Waals surface area contributed by atoms with Crippen LogP contribution >= 0.6 is 0 Å². The van der Waals surface area contributed by atoms with Gasteiger partial charge in [-0.2, -0.15) is 0 Å². The van der Waals surface area contributed by atoms with Gasteiger partial charge in [0, 0.05) is 12.1 Å². The average Bonchev–Trinajstić information content (AvgIpc) is 2.06. The van der Waals surface area contributed by atoms with Crippen LogP contribution in [0.25, 0.3) is 0 Å². The fraction of sp³-hybridized carbons (Fsp3) is 0.400. The highest BCUT2D eigenvalue weighted by molar-refractivity contribution is 6.70. The molecule has 4 heteroatoms. The van der Waals surface area contributed by atoms with Crippen molar-refractivity contribution in [3.63, 3.8) is 0 Å². The van der Waals surface area contributed by atoms with Gasteiger partial charge in [-0.3, -0.25) is 0 Å². The van der Waals surface area contributed by atoms with E-state index in [0.717, 1.165) is 5.56 Å². The quantitative estimate of drug-likeness (QED) is 0.783. The van der Waals surface area contributed by atoms with E-state index < -0.39 is 8.32 Å². The summed E-state index contributed by atoms with van der Waals surface area (Å²) in [5, 5.41) is 0. The fourth-order valence-corrected chi connectivity index (χ4v) is 2.00. The van der Waals surface area contributed by atoms with E-state index in [1.165, 1.54) is 12.1 Å². The van der Waals surface area contributed by atoms with Crippen molar-refractivity contribution in [1.82, 2.24) is 0 Å². The highest BCUT2D eigenvalue weighted by Crippen LogP contribution is 2.22. The molecule has 0 fully saturated rings. The van der Waals surface area contributed by atoms with Crippen LogP contribution < -0.4 is 10.2 Å². The largest absolute Gasteiger partial charge is 0.544 e. The molecule has 0 saturated heterocycles. The molecule has 1 aromatic carbocycles. The van der Waals surface area contributed by atoms with Gasteiger partial charge in [0.1, 0.15) is 11.6 Å². The average molecular weight is 213 g/mol. The number of hydrogen-bond acceptors (Lipinski definition) is 2. The third kappa shape index (κ3) is 3.12. The van der Waals surface area contributed by atoms with E-state index in [0.29, 0.717) is 12.3 Å². The Morgan fingerprint density at radius 3 is 2.50 bits per heavy atom. The predicted octanol–water partition coefficient (Wildman–Crippen LogP) is 2.50. The highest BCUT2D eigenvalue weighted by Gasteiger charge is 2.17. The topological polar surface area (TPSA) is 35.2 Å². The van der Waals surface area contributed by atoms with Crippen molar-refractivity contribution in [2.75, 3.05) is 0 Å². The molecule has 0 radical (unpaired) electrons. The van der Waals surface area contributed by atoms with Crippen LogP contribution in [0.5, 0.6) is 5.75 Å². The zero-order valence-electron chi connectivity index (χ0n) is 8.80. The molecule has 0 unspecified atom stereocenters. The normalized spacial score (nSPS) is 11.5. The Morgan fingerprint density at radius 1 is 1.36 bits per heavy atom. The van der Waals surface area contributed by atoms with Crippen molar-refractivity contribution in [2.45, 2.75) is 26.2 Å². The zero-order chi connectivity index (χ0) is 10.8. The standard InChI is InChI=1S/C10H16FNOSi/c1-14(2,3)13-10-5-4-9(11)6-8(10)7-12/h4-6H,7,12H2,1-3H3. The lowest BCUT2D eigenvalue weighted by molar-refractivity contribution is 0.543. The number of rotatable bonds is 3. The first-order valence-corrected chi connectivity index (χ1v) is 8.01. The molecule has 78 valence electrons. The van der Waals surface area contributed by atoms with Crippen LogP contribution in [0.1, 0.15) is 5.56 Å². The Kier molecular flexibility index (Phi) is 3.28. The number of hydrogen-bond donors (Lipinski definition) is 1. The molecule has 2 N–H and O–H groups in total. The lowest BCUT2D eigenvalue weighted by Crippen LogP contribution is -2.30. The molecule has 0 aliphatic carbocycles. The Bertz CT molecular complexity index is 322. The second kappa shape index (κ2) is 4.10. The van der Waals surface area contributed by atoms with E-state index >= 15 is 0 Å². The van der Waals surface area contributed by atoms with Crippen LogP contribution in [0.3, 0.4) is 0 Å². The minimum atomic E-state index is -1.64. The molecule has 0 saturated carbocycles. The first-order valence-electron chi connectivity index (χ1n) is 4.60. The molecule has 0 aromatic heterocycles. The Hall–Kier alpha value is -0.873. The molecule has 0 amide bonds. The summed E-state index contributed by atoms with van der Waals surface area (Å²) >= 11 is 0. The number of benzene rings is 1. The number of halogens is 1. The summed E-state index contributed by atoms with van der Waals surface area (Å²) in [6, 6.07) is 4.47. The molecule has 0 aliphatic rings. The smallest absolute Gasteiger partial charge is 0.242 e. The Labute approximate surface area is 85.0 Å². The zero-order valence-corrected chi connectivity index (χ0v) is 9.80. The van der Waals surface area contributed by atoms with Gasteiger partial charge in [0.05, 0.1) is 0 Å². The monoisotopic (exact) mass is 213 g/mol. The van der Waals surface area contributed by atoms with Gasteiger partial charge in [0.15, 0.2) is 0 Å². The maximum absolute atomic E-state index is 12.9. The van der Waals surface area contributed by atoms with Crippen LogP contribution in [0.2, 0.25) is 19.6 Å². The van der Waals surface area contributed by atoms with Crippen LogP contribution in [0, 0.1) is 5.82 Å². The van der Waals surface area contributed by atoms with Crippen LogP contribution in [-0.2, 0) is 6.54 Å². The molecule has 14 heavy (non-hydrogen) atoms. The lowest BCUT2D eigenvalue weighted by atomic mass is 10.2. The summed E-state index contributed by atoms with van der Waals surface area (Å²) in [4.78, 5) is 0. The Morgan fingerprint density at radius 2 is 2.00 bits per heavy atom. The van der Waals surface area contributed by atoms with Crippen molar-refractivity contribution < 1.29 is 8.82 Å². The first-order chi connectivity index (χ1) is 6.42. The van der Waals surface area contributed by atoms with Gasteiger partial charge in [-0.15, -0.1) is 0 Å². The molecule has 1 aromatic rings. The summed E-state index contributed by atoms with van der Waals surface area (Å²) in [5.74, 6) is 0.446. The van der Waals surface area contributed by atoms with E-state index in [9.17, 15) is 4.39 Å². The summed E-state index contributed by atoms with van der Waals surface area (Å²) < 4.78 is 18.6. The lowest BCUT2D eigenvalue weighted by Gasteiger charge is -2.21. The molecular formula is C10H16FNOSi. The van der Waals surface area contributed by atoms with E-state index in [-0.39, 0.29) is 5.82 Å². The van der Waals surface area contributed by atoms with Crippen LogP contribution in [0.4, 0.5) is 4.39 Å². The second-order valence-corrected chi connectivity index (χ2v) is 8.60. The minimum absolute atomic E-state index is 0.270. The third-order valence-electron chi connectivity index (χ3n) is 1.66. The van der Waals surface area contributed by atoms with E-state index in [2.05, 4.69) is 19.6 Å². The molecule has 0 atom stereocenters. The van der Waals surface area contributed by atoms with E-state index in [4.69, 9.17) is 10.2 Å². The summed E-state index contributed by atoms with van der Waals surface area (Å²) in [6.07, 6.45) is 0. The maximum atomic E-state index is 12.9. The molecule has 2 nitrogen and oxygen atoms in total. The van der Waals surface area contributed by atoms with Gasteiger partial charge in [-0.1, -0.05) is 0 Å². The maximum Gasteiger partial charge on any atom is 0.242 e. The first kappa shape index (κ1) is 11.2.